The van der Waals surface area contributed by atoms with Crippen LogP contribution in [-0.2, 0) is 27.7 Å². The molecule has 1 heterocycles. The topological polar surface area (TPSA) is 66.9 Å². The number of hydrogen-bond donors (Lipinski definition) is 0. The number of benzene rings is 2. The van der Waals surface area contributed by atoms with Crippen LogP contribution in [0.25, 0.3) is 0 Å². The van der Waals surface area contributed by atoms with E-state index in [1.807, 2.05) is 42.5 Å². The molecule has 1 amide bonds. The summed E-state index contributed by atoms with van der Waals surface area (Å²) in [7, 11) is -3.53. The second-order valence-electron chi connectivity index (χ2n) is 7.83. The third-order valence-electron chi connectivity index (χ3n) is 5.88. The van der Waals surface area contributed by atoms with Gasteiger partial charge < -0.3 is 9.64 Å². The number of aryl methyl sites for hydroxylation is 2. The van der Waals surface area contributed by atoms with E-state index in [1.54, 1.807) is 11.0 Å². The third kappa shape index (κ3) is 4.68. The Morgan fingerprint density at radius 1 is 0.900 bits per heavy atom. The fourth-order valence-electron chi connectivity index (χ4n) is 4.13. The monoisotopic (exact) mass is 428 g/mol. The van der Waals surface area contributed by atoms with Gasteiger partial charge in [0.15, 0.2) is 0 Å². The fourth-order valence-corrected chi connectivity index (χ4v) is 5.60. The summed E-state index contributed by atoms with van der Waals surface area (Å²) in [5, 5.41) is 0. The normalized spacial score (nSPS) is 17.4. The van der Waals surface area contributed by atoms with E-state index >= 15 is 0 Å². The zero-order valence-electron chi connectivity index (χ0n) is 17.1. The highest BCUT2D eigenvalue weighted by Gasteiger charge is 2.30. The van der Waals surface area contributed by atoms with Gasteiger partial charge in [0.05, 0.1) is 17.9 Å². The molecule has 1 saturated heterocycles. The van der Waals surface area contributed by atoms with Crippen molar-refractivity contribution in [1.82, 2.24) is 9.21 Å². The molecule has 1 fully saturated rings. The van der Waals surface area contributed by atoms with Crippen molar-refractivity contribution in [1.29, 1.82) is 0 Å². The second kappa shape index (κ2) is 9.18. The minimum absolute atomic E-state index is 0.00300. The van der Waals surface area contributed by atoms with Gasteiger partial charge in [0.25, 0.3) is 0 Å². The van der Waals surface area contributed by atoms with Gasteiger partial charge in [-0.1, -0.05) is 24.3 Å². The number of carbonyl (C=O) groups is 1. The summed E-state index contributed by atoms with van der Waals surface area (Å²) >= 11 is 0. The van der Waals surface area contributed by atoms with Crippen molar-refractivity contribution in [3.05, 3.63) is 59.7 Å². The van der Waals surface area contributed by atoms with Gasteiger partial charge in [0, 0.05) is 26.2 Å². The summed E-state index contributed by atoms with van der Waals surface area (Å²) < 4.78 is 33.3. The first-order chi connectivity index (χ1) is 14.5. The van der Waals surface area contributed by atoms with Crippen molar-refractivity contribution >= 4 is 15.9 Å². The van der Waals surface area contributed by atoms with Crippen LogP contribution < -0.4 is 4.74 Å². The first-order valence-corrected chi connectivity index (χ1v) is 12.1. The Hall–Kier alpha value is -2.38. The van der Waals surface area contributed by atoms with Crippen molar-refractivity contribution in [3.8, 4) is 5.75 Å². The van der Waals surface area contributed by atoms with Crippen LogP contribution in [0.15, 0.2) is 53.4 Å². The molecule has 2 aromatic carbocycles. The van der Waals surface area contributed by atoms with Crippen molar-refractivity contribution in [2.75, 3.05) is 32.8 Å². The van der Waals surface area contributed by atoms with Crippen LogP contribution >= 0.6 is 0 Å². The number of amides is 1. The second-order valence-corrected chi connectivity index (χ2v) is 9.77. The van der Waals surface area contributed by atoms with Gasteiger partial charge in [-0.3, -0.25) is 4.79 Å². The summed E-state index contributed by atoms with van der Waals surface area (Å²) in [4.78, 5) is 14.6. The van der Waals surface area contributed by atoms with E-state index in [1.165, 1.54) is 16.3 Å². The molecule has 1 aliphatic carbocycles. The SMILES string of the molecule is O=C(CCOc1ccccc1)N1CCN(S(=O)(=O)c2ccc3c(c2)CCCC3)CC1. The average molecular weight is 429 g/mol. The fraction of sp³-hybridized carbons (Fsp3) is 0.435. The molecule has 6 nitrogen and oxygen atoms in total. The van der Waals surface area contributed by atoms with Crippen LogP contribution in [0.5, 0.6) is 5.75 Å². The molecule has 0 aromatic heterocycles. The van der Waals surface area contributed by atoms with Crippen molar-refractivity contribution in [2.24, 2.45) is 0 Å². The molecule has 0 atom stereocenters. The molecule has 30 heavy (non-hydrogen) atoms. The van der Waals surface area contributed by atoms with Crippen LogP contribution in [0.3, 0.4) is 0 Å². The first-order valence-electron chi connectivity index (χ1n) is 10.6. The third-order valence-corrected chi connectivity index (χ3v) is 7.77. The zero-order valence-corrected chi connectivity index (χ0v) is 17.9. The quantitative estimate of drug-likeness (QED) is 0.710. The highest BCUT2D eigenvalue weighted by atomic mass is 32.2. The minimum Gasteiger partial charge on any atom is -0.493 e. The number of rotatable bonds is 6. The lowest BCUT2D eigenvalue weighted by Crippen LogP contribution is -2.50. The first kappa shape index (κ1) is 20.9. The maximum atomic E-state index is 13.1. The molecule has 160 valence electrons. The van der Waals surface area contributed by atoms with E-state index in [9.17, 15) is 13.2 Å². The molecule has 0 bridgehead atoms. The Morgan fingerprint density at radius 3 is 2.33 bits per heavy atom. The van der Waals surface area contributed by atoms with Crippen LogP contribution in [0, 0.1) is 0 Å². The van der Waals surface area contributed by atoms with Crippen molar-refractivity contribution in [2.45, 2.75) is 37.0 Å². The molecule has 0 N–H and O–H groups in total. The van der Waals surface area contributed by atoms with E-state index in [0.717, 1.165) is 30.6 Å². The van der Waals surface area contributed by atoms with Crippen LogP contribution in [-0.4, -0.2) is 56.3 Å². The van der Waals surface area contributed by atoms with Gasteiger partial charge in [-0.2, -0.15) is 4.31 Å². The summed E-state index contributed by atoms with van der Waals surface area (Å²) in [6, 6.07) is 15.0. The molecular weight excluding hydrogens is 400 g/mol. The predicted octanol–water partition coefficient (Wildman–Crippen LogP) is 2.87. The molecule has 2 aliphatic rings. The number of fused-ring (bicyclic) bond motifs is 1. The largest absolute Gasteiger partial charge is 0.493 e. The maximum absolute atomic E-state index is 13.1. The van der Waals surface area contributed by atoms with E-state index < -0.39 is 10.0 Å². The van der Waals surface area contributed by atoms with E-state index in [-0.39, 0.29) is 12.3 Å². The van der Waals surface area contributed by atoms with E-state index in [2.05, 4.69) is 0 Å². The maximum Gasteiger partial charge on any atom is 0.243 e. The molecule has 0 saturated carbocycles. The van der Waals surface area contributed by atoms with Crippen LogP contribution in [0.4, 0.5) is 0 Å². The number of piperazine rings is 1. The molecule has 1 aliphatic heterocycles. The summed E-state index contributed by atoms with van der Waals surface area (Å²) in [6.07, 6.45) is 4.56. The summed E-state index contributed by atoms with van der Waals surface area (Å²) in [6.45, 7) is 1.79. The highest BCUT2D eigenvalue weighted by molar-refractivity contribution is 7.89. The molecule has 0 radical (unpaired) electrons. The lowest BCUT2D eigenvalue weighted by atomic mass is 9.92. The lowest BCUT2D eigenvalue weighted by molar-refractivity contribution is -0.132. The van der Waals surface area contributed by atoms with E-state index in [0.29, 0.717) is 37.7 Å². The standard InChI is InChI=1S/C23H28N2O4S/c26-23(12-17-29-21-8-2-1-3-9-21)24-13-15-25(16-14-24)30(27,28)22-11-10-19-6-4-5-7-20(19)18-22/h1-3,8-11,18H,4-7,12-17H2. The minimum atomic E-state index is -3.53. The Labute approximate surface area is 178 Å². The molecular formula is C23H28N2O4S. The van der Waals surface area contributed by atoms with E-state index in [4.69, 9.17) is 4.74 Å². The molecule has 0 unspecified atom stereocenters. The average Bonchev–Trinajstić information content (AvgIpc) is 2.79. The zero-order chi connectivity index (χ0) is 21.0. The van der Waals surface area contributed by atoms with Gasteiger partial charge in [-0.15, -0.1) is 0 Å². The number of nitrogens with zero attached hydrogens (tertiary/aromatic N) is 2. The number of sulfonamides is 1. The summed E-state index contributed by atoms with van der Waals surface area (Å²) in [5.74, 6) is 0.739. The Balaban J connectivity index is 1.30. The molecule has 7 heteroatoms. The molecule has 4 rings (SSSR count). The van der Waals surface area contributed by atoms with Crippen LogP contribution in [0.1, 0.15) is 30.4 Å². The number of ether oxygens (including phenoxy) is 1. The Bertz CT molecular complexity index is 984. The van der Waals surface area contributed by atoms with Gasteiger partial charge in [0.2, 0.25) is 15.9 Å². The highest BCUT2D eigenvalue weighted by Crippen LogP contribution is 2.26. The Morgan fingerprint density at radius 2 is 1.60 bits per heavy atom. The smallest absolute Gasteiger partial charge is 0.243 e. The number of hydrogen-bond acceptors (Lipinski definition) is 4. The van der Waals surface area contributed by atoms with Crippen molar-refractivity contribution < 1.29 is 17.9 Å². The Kier molecular flexibility index (Phi) is 6.39. The lowest BCUT2D eigenvalue weighted by Gasteiger charge is -2.34. The number of para-hydroxylation sites is 1. The van der Waals surface area contributed by atoms with Gasteiger partial charge >= 0.3 is 0 Å². The van der Waals surface area contributed by atoms with Gasteiger partial charge in [-0.25, -0.2) is 8.42 Å². The van der Waals surface area contributed by atoms with Gasteiger partial charge in [-0.05, 0) is 61.1 Å². The summed E-state index contributed by atoms with van der Waals surface area (Å²) in [5.41, 5.74) is 2.43. The number of carbonyl (C=O) groups excluding carboxylic acids is 1. The molecule has 2 aromatic rings. The van der Waals surface area contributed by atoms with Gasteiger partial charge in [0.1, 0.15) is 5.75 Å². The van der Waals surface area contributed by atoms with Crippen LogP contribution in [0.2, 0.25) is 0 Å². The predicted molar refractivity (Wildman–Crippen MR) is 115 cm³/mol. The van der Waals surface area contributed by atoms with Crippen molar-refractivity contribution in [3.63, 3.8) is 0 Å². The molecule has 0 spiro atoms.